The van der Waals surface area contributed by atoms with Gasteiger partial charge in [0.1, 0.15) is 12.2 Å². The van der Waals surface area contributed by atoms with Crippen LogP contribution in [0.1, 0.15) is 30.6 Å². The Morgan fingerprint density at radius 3 is 2.82 bits per heavy atom. The summed E-state index contributed by atoms with van der Waals surface area (Å²) in [5, 5.41) is 10.1. The second-order valence-electron chi connectivity index (χ2n) is 5.22. The summed E-state index contributed by atoms with van der Waals surface area (Å²) in [6.07, 6.45) is -0.671. The van der Waals surface area contributed by atoms with E-state index in [4.69, 9.17) is 9.47 Å². The average Bonchev–Trinajstić information content (AvgIpc) is 2.49. The number of nitrogens with zero attached hydrogens (tertiary/aromatic N) is 1. The number of carbonyl (C=O) groups is 2. The lowest BCUT2D eigenvalue weighted by Gasteiger charge is -2.36. The zero-order chi connectivity index (χ0) is 16.1. The fraction of sp³-hybridized carbons (Fsp3) is 0.500. The van der Waals surface area contributed by atoms with Gasteiger partial charge in [-0.05, 0) is 25.1 Å². The molecule has 0 radical (unpaired) electrons. The molecule has 0 aromatic heterocycles. The van der Waals surface area contributed by atoms with Gasteiger partial charge in [-0.25, -0.2) is 4.79 Å². The minimum absolute atomic E-state index is 0.329. The van der Waals surface area contributed by atoms with Gasteiger partial charge in [0, 0.05) is 32.1 Å². The first-order valence-corrected chi connectivity index (χ1v) is 7.38. The standard InChI is InChI=1S/C16H21NO5/c1-3-21-16(20)12-5-4-6-13(9-12)17-8-7-15(14(19)10-17)22-11(2)18/h4-6,9,14-15,19H,3,7-8,10H2,1-2H3/t14-,15+/m1/s1. The number of rotatable bonds is 4. The van der Waals surface area contributed by atoms with Gasteiger partial charge in [-0.2, -0.15) is 0 Å². The Hall–Kier alpha value is -2.08. The van der Waals surface area contributed by atoms with Crippen molar-refractivity contribution in [2.24, 2.45) is 0 Å². The highest BCUT2D eigenvalue weighted by atomic mass is 16.6. The van der Waals surface area contributed by atoms with E-state index in [0.717, 1.165) is 5.69 Å². The maximum absolute atomic E-state index is 11.8. The Morgan fingerprint density at radius 2 is 2.18 bits per heavy atom. The maximum atomic E-state index is 11.8. The number of β-amino-alcohol motifs (C(OH)–C–C–N with tert-alkyl or cyclic N) is 1. The van der Waals surface area contributed by atoms with Crippen molar-refractivity contribution in [1.82, 2.24) is 0 Å². The van der Waals surface area contributed by atoms with Gasteiger partial charge in [0.15, 0.2) is 0 Å². The van der Waals surface area contributed by atoms with Crippen LogP contribution >= 0.6 is 0 Å². The van der Waals surface area contributed by atoms with Gasteiger partial charge in [0.05, 0.1) is 12.2 Å². The number of aliphatic hydroxyl groups excluding tert-OH is 1. The number of ether oxygens (including phenoxy) is 2. The molecule has 1 heterocycles. The number of piperidine rings is 1. The molecule has 1 aromatic carbocycles. The van der Waals surface area contributed by atoms with Gasteiger partial charge in [0.25, 0.3) is 0 Å². The Balaban J connectivity index is 2.05. The van der Waals surface area contributed by atoms with E-state index in [1.54, 1.807) is 25.1 Å². The van der Waals surface area contributed by atoms with Crippen LogP contribution in [0.15, 0.2) is 24.3 Å². The van der Waals surface area contributed by atoms with Gasteiger partial charge in [-0.15, -0.1) is 0 Å². The minimum Gasteiger partial charge on any atom is -0.462 e. The molecule has 2 atom stereocenters. The predicted octanol–water partition coefficient (Wildman–Crippen LogP) is 1.37. The topological polar surface area (TPSA) is 76.1 Å². The minimum atomic E-state index is -0.746. The van der Waals surface area contributed by atoms with Crippen molar-refractivity contribution in [1.29, 1.82) is 0 Å². The lowest BCUT2D eigenvalue weighted by molar-refractivity contribution is -0.153. The molecule has 1 saturated heterocycles. The third-order valence-electron chi connectivity index (χ3n) is 3.56. The summed E-state index contributed by atoms with van der Waals surface area (Å²) in [7, 11) is 0. The molecule has 6 nitrogen and oxygen atoms in total. The number of esters is 2. The summed E-state index contributed by atoms with van der Waals surface area (Å²) in [5.74, 6) is -0.749. The molecular weight excluding hydrogens is 286 g/mol. The van der Waals surface area contributed by atoms with E-state index in [9.17, 15) is 14.7 Å². The third-order valence-corrected chi connectivity index (χ3v) is 3.56. The molecule has 1 aliphatic heterocycles. The average molecular weight is 307 g/mol. The van der Waals surface area contributed by atoms with Crippen LogP contribution < -0.4 is 4.90 Å². The number of carbonyl (C=O) groups excluding carboxylic acids is 2. The molecular formula is C16H21NO5. The molecule has 1 fully saturated rings. The molecule has 0 bridgehead atoms. The first-order valence-electron chi connectivity index (χ1n) is 7.38. The monoisotopic (exact) mass is 307 g/mol. The van der Waals surface area contributed by atoms with Gasteiger partial charge in [-0.3, -0.25) is 4.79 Å². The Morgan fingerprint density at radius 1 is 1.41 bits per heavy atom. The molecule has 2 rings (SSSR count). The fourth-order valence-corrected chi connectivity index (χ4v) is 2.54. The molecule has 0 amide bonds. The highest BCUT2D eigenvalue weighted by Gasteiger charge is 2.30. The predicted molar refractivity (Wildman–Crippen MR) is 80.8 cm³/mol. The van der Waals surface area contributed by atoms with Crippen LogP contribution in [-0.2, 0) is 14.3 Å². The lowest BCUT2D eigenvalue weighted by Crippen LogP contribution is -2.48. The molecule has 22 heavy (non-hydrogen) atoms. The van der Waals surface area contributed by atoms with E-state index in [0.29, 0.717) is 31.7 Å². The summed E-state index contributed by atoms with van der Waals surface area (Å²) in [4.78, 5) is 24.7. The van der Waals surface area contributed by atoms with Crippen LogP contribution in [0.4, 0.5) is 5.69 Å². The van der Waals surface area contributed by atoms with Crippen molar-refractivity contribution in [3.05, 3.63) is 29.8 Å². The van der Waals surface area contributed by atoms with E-state index < -0.39 is 12.2 Å². The Kier molecular flexibility index (Phi) is 5.38. The number of hydrogen-bond acceptors (Lipinski definition) is 6. The highest BCUT2D eigenvalue weighted by Crippen LogP contribution is 2.23. The van der Waals surface area contributed by atoms with Crippen molar-refractivity contribution < 1.29 is 24.2 Å². The van der Waals surface area contributed by atoms with Crippen LogP contribution in [-0.4, -0.2) is 48.9 Å². The zero-order valence-corrected chi connectivity index (χ0v) is 12.8. The number of anilines is 1. The van der Waals surface area contributed by atoms with Crippen molar-refractivity contribution >= 4 is 17.6 Å². The second-order valence-corrected chi connectivity index (χ2v) is 5.22. The second kappa shape index (κ2) is 7.26. The van der Waals surface area contributed by atoms with E-state index >= 15 is 0 Å². The van der Waals surface area contributed by atoms with Crippen LogP contribution in [0.5, 0.6) is 0 Å². The summed E-state index contributed by atoms with van der Waals surface area (Å²) >= 11 is 0. The number of aliphatic hydroxyl groups is 1. The van der Waals surface area contributed by atoms with Crippen molar-refractivity contribution in [3.8, 4) is 0 Å². The molecule has 6 heteroatoms. The number of hydrogen-bond donors (Lipinski definition) is 1. The lowest BCUT2D eigenvalue weighted by atomic mass is 10.0. The molecule has 0 saturated carbocycles. The normalized spacial score (nSPS) is 21.3. The van der Waals surface area contributed by atoms with E-state index in [1.165, 1.54) is 6.92 Å². The van der Waals surface area contributed by atoms with Gasteiger partial charge in [-0.1, -0.05) is 6.07 Å². The Labute approximate surface area is 129 Å². The van der Waals surface area contributed by atoms with Crippen LogP contribution in [0.2, 0.25) is 0 Å². The summed E-state index contributed by atoms with van der Waals surface area (Å²) < 4.78 is 10.1. The van der Waals surface area contributed by atoms with Crippen molar-refractivity contribution in [2.75, 3.05) is 24.6 Å². The molecule has 0 unspecified atom stereocenters. The quantitative estimate of drug-likeness (QED) is 0.847. The molecule has 1 aromatic rings. The van der Waals surface area contributed by atoms with E-state index in [1.807, 2.05) is 11.0 Å². The summed E-state index contributed by atoms with van der Waals surface area (Å²) in [5.41, 5.74) is 1.32. The molecule has 0 spiro atoms. The van der Waals surface area contributed by atoms with Gasteiger partial charge >= 0.3 is 11.9 Å². The zero-order valence-electron chi connectivity index (χ0n) is 12.8. The Bertz CT molecular complexity index is 545. The number of benzene rings is 1. The van der Waals surface area contributed by atoms with E-state index in [-0.39, 0.29) is 11.9 Å². The molecule has 120 valence electrons. The third kappa shape index (κ3) is 3.98. The van der Waals surface area contributed by atoms with Crippen LogP contribution in [0.25, 0.3) is 0 Å². The van der Waals surface area contributed by atoms with E-state index in [2.05, 4.69) is 0 Å². The smallest absolute Gasteiger partial charge is 0.338 e. The molecule has 1 N–H and O–H groups in total. The maximum Gasteiger partial charge on any atom is 0.338 e. The van der Waals surface area contributed by atoms with Crippen LogP contribution in [0.3, 0.4) is 0 Å². The molecule has 0 aliphatic carbocycles. The van der Waals surface area contributed by atoms with Gasteiger partial charge in [0.2, 0.25) is 0 Å². The van der Waals surface area contributed by atoms with Crippen LogP contribution in [0, 0.1) is 0 Å². The van der Waals surface area contributed by atoms with Crippen molar-refractivity contribution in [2.45, 2.75) is 32.5 Å². The van der Waals surface area contributed by atoms with Gasteiger partial charge < -0.3 is 19.5 Å². The summed E-state index contributed by atoms with van der Waals surface area (Å²) in [6, 6.07) is 7.11. The fourth-order valence-electron chi connectivity index (χ4n) is 2.54. The largest absolute Gasteiger partial charge is 0.462 e. The first-order chi connectivity index (χ1) is 10.5. The molecule has 1 aliphatic rings. The first kappa shape index (κ1) is 16.3. The van der Waals surface area contributed by atoms with Crippen molar-refractivity contribution in [3.63, 3.8) is 0 Å². The highest BCUT2D eigenvalue weighted by molar-refractivity contribution is 5.90. The SMILES string of the molecule is CCOC(=O)c1cccc(N2CC[C@H](OC(C)=O)[C@H](O)C2)c1. The summed E-state index contributed by atoms with van der Waals surface area (Å²) in [6.45, 7) is 4.42.